The molecule has 0 aliphatic carbocycles. The van der Waals surface area contributed by atoms with Crippen molar-refractivity contribution in [2.24, 2.45) is 0 Å². The number of hydrogen-bond donors (Lipinski definition) is 0. The lowest BCUT2D eigenvalue weighted by Gasteiger charge is -2.35. The van der Waals surface area contributed by atoms with Gasteiger partial charge in [-0.2, -0.15) is 0 Å². The van der Waals surface area contributed by atoms with Crippen LogP contribution in [0.4, 0.5) is 5.82 Å². The average molecular weight is 304 g/mol. The number of ether oxygens (including phenoxy) is 1. The predicted octanol–water partition coefficient (Wildman–Crippen LogP) is 0.141. The van der Waals surface area contributed by atoms with Crippen LogP contribution in [0.2, 0.25) is 0 Å². The van der Waals surface area contributed by atoms with Crippen molar-refractivity contribution in [3.8, 4) is 0 Å². The van der Waals surface area contributed by atoms with Crippen molar-refractivity contribution in [2.45, 2.75) is 13.5 Å². The van der Waals surface area contributed by atoms with E-state index in [4.69, 9.17) is 4.74 Å². The maximum atomic E-state index is 11.8. The Hall–Kier alpha value is -2.22. The Morgan fingerprint density at radius 2 is 2.00 bits per heavy atom. The van der Waals surface area contributed by atoms with Gasteiger partial charge in [0.15, 0.2) is 17.0 Å². The molecule has 1 aliphatic rings. The molecular formula is C14H20N6O2. The summed E-state index contributed by atoms with van der Waals surface area (Å²) in [7, 11) is 1.54. The Kier molecular flexibility index (Phi) is 4.19. The standard InChI is InChI=1S/C14H20N6O2/c1-3-18-10-17-12-13(18)15-9-16-14(12)20-6-4-19(5-7-20)11(21)8-22-2/h9-10H,3-8H2,1-2H3. The highest BCUT2D eigenvalue weighted by Crippen LogP contribution is 2.22. The molecule has 0 N–H and O–H groups in total. The summed E-state index contributed by atoms with van der Waals surface area (Å²) in [6, 6.07) is 0. The smallest absolute Gasteiger partial charge is 0.248 e. The van der Waals surface area contributed by atoms with Gasteiger partial charge in [0.1, 0.15) is 12.9 Å². The topological polar surface area (TPSA) is 76.4 Å². The molecule has 0 spiro atoms. The Bertz CT molecular complexity index is 662. The lowest BCUT2D eigenvalue weighted by Crippen LogP contribution is -2.50. The molecule has 3 rings (SSSR count). The largest absolute Gasteiger partial charge is 0.375 e. The summed E-state index contributed by atoms with van der Waals surface area (Å²) in [6.07, 6.45) is 3.37. The van der Waals surface area contributed by atoms with E-state index in [1.165, 1.54) is 7.11 Å². The zero-order chi connectivity index (χ0) is 15.5. The Morgan fingerprint density at radius 1 is 1.23 bits per heavy atom. The quantitative estimate of drug-likeness (QED) is 0.800. The molecule has 0 unspecified atom stereocenters. The number of methoxy groups -OCH3 is 1. The van der Waals surface area contributed by atoms with E-state index in [-0.39, 0.29) is 12.5 Å². The zero-order valence-corrected chi connectivity index (χ0v) is 12.9. The van der Waals surface area contributed by atoms with E-state index in [0.29, 0.717) is 13.1 Å². The van der Waals surface area contributed by atoms with E-state index in [1.807, 2.05) is 9.47 Å². The van der Waals surface area contributed by atoms with Crippen LogP contribution >= 0.6 is 0 Å². The van der Waals surface area contributed by atoms with Crippen molar-refractivity contribution in [2.75, 3.05) is 44.8 Å². The number of amides is 1. The number of aromatic nitrogens is 4. The molecule has 2 aromatic heterocycles. The van der Waals surface area contributed by atoms with Crippen molar-refractivity contribution in [1.82, 2.24) is 24.4 Å². The molecule has 0 bridgehead atoms. The number of carbonyl (C=O) groups is 1. The molecule has 8 heteroatoms. The summed E-state index contributed by atoms with van der Waals surface area (Å²) in [5.74, 6) is 0.876. The first-order valence-corrected chi connectivity index (χ1v) is 7.42. The van der Waals surface area contributed by atoms with Gasteiger partial charge in [0.25, 0.3) is 0 Å². The van der Waals surface area contributed by atoms with Crippen LogP contribution < -0.4 is 4.90 Å². The Labute approximate surface area is 128 Å². The SMILES string of the molecule is CCn1cnc2c(N3CCN(C(=O)COC)CC3)ncnc21. The first-order chi connectivity index (χ1) is 10.7. The predicted molar refractivity (Wildman–Crippen MR) is 81.7 cm³/mol. The number of imidazole rings is 1. The van der Waals surface area contributed by atoms with Crippen molar-refractivity contribution in [3.05, 3.63) is 12.7 Å². The monoisotopic (exact) mass is 304 g/mol. The number of aryl methyl sites for hydroxylation is 1. The molecular weight excluding hydrogens is 284 g/mol. The number of rotatable bonds is 4. The number of hydrogen-bond acceptors (Lipinski definition) is 6. The lowest BCUT2D eigenvalue weighted by atomic mass is 10.3. The molecule has 118 valence electrons. The van der Waals surface area contributed by atoms with Gasteiger partial charge in [0.2, 0.25) is 5.91 Å². The highest BCUT2D eigenvalue weighted by atomic mass is 16.5. The fourth-order valence-corrected chi connectivity index (χ4v) is 2.71. The van der Waals surface area contributed by atoms with Crippen molar-refractivity contribution < 1.29 is 9.53 Å². The summed E-state index contributed by atoms with van der Waals surface area (Å²) < 4.78 is 6.90. The highest BCUT2D eigenvalue weighted by Gasteiger charge is 2.23. The van der Waals surface area contributed by atoms with Crippen LogP contribution in [-0.2, 0) is 16.1 Å². The van der Waals surface area contributed by atoms with Gasteiger partial charge in [0, 0.05) is 39.8 Å². The van der Waals surface area contributed by atoms with E-state index in [0.717, 1.165) is 36.6 Å². The molecule has 0 aromatic carbocycles. The van der Waals surface area contributed by atoms with E-state index < -0.39 is 0 Å². The maximum Gasteiger partial charge on any atom is 0.248 e. The minimum absolute atomic E-state index is 0.0326. The molecule has 2 aromatic rings. The summed E-state index contributed by atoms with van der Waals surface area (Å²) >= 11 is 0. The van der Waals surface area contributed by atoms with E-state index >= 15 is 0 Å². The van der Waals surface area contributed by atoms with Gasteiger partial charge in [0.05, 0.1) is 6.33 Å². The number of nitrogens with zero attached hydrogens (tertiary/aromatic N) is 6. The van der Waals surface area contributed by atoms with Gasteiger partial charge in [-0.1, -0.05) is 0 Å². The minimum Gasteiger partial charge on any atom is -0.375 e. The third-order valence-corrected chi connectivity index (χ3v) is 3.92. The first-order valence-electron chi connectivity index (χ1n) is 7.42. The van der Waals surface area contributed by atoms with Crippen LogP contribution in [0.3, 0.4) is 0 Å². The number of carbonyl (C=O) groups excluding carboxylic acids is 1. The molecule has 1 saturated heterocycles. The second-order valence-corrected chi connectivity index (χ2v) is 5.20. The first kappa shape index (κ1) is 14.7. The second-order valence-electron chi connectivity index (χ2n) is 5.20. The van der Waals surface area contributed by atoms with Gasteiger partial charge in [-0.15, -0.1) is 0 Å². The van der Waals surface area contributed by atoms with Crippen LogP contribution in [0.1, 0.15) is 6.92 Å². The average Bonchev–Trinajstić information content (AvgIpc) is 2.98. The Balaban J connectivity index is 1.77. The zero-order valence-electron chi connectivity index (χ0n) is 12.9. The van der Waals surface area contributed by atoms with Crippen LogP contribution in [0.25, 0.3) is 11.2 Å². The van der Waals surface area contributed by atoms with Crippen molar-refractivity contribution in [3.63, 3.8) is 0 Å². The number of anilines is 1. The van der Waals surface area contributed by atoms with Crippen LogP contribution in [0, 0.1) is 0 Å². The minimum atomic E-state index is 0.0326. The summed E-state index contributed by atoms with van der Waals surface area (Å²) in [6.45, 7) is 5.83. The van der Waals surface area contributed by atoms with Gasteiger partial charge in [-0.3, -0.25) is 4.79 Å². The van der Waals surface area contributed by atoms with Gasteiger partial charge in [-0.05, 0) is 6.92 Å². The molecule has 0 saturated carbocycles. The Morgan fingerprint density at radius 3 is 2.68 bits per heavy atom. The van der Waals surface area contributed by atoms with E-state index in [1.54, 1.807) is 12.7 Å². The van der Waals surface area contributed by atoms with Crippen LogP contribution in [0.5, 0.6) is 0 Å². The molecule has 8 nitrogen and oxygen atoms in total. The van der Waals surface area contributed by atoms with Crippen molar-refractivity contribution in [1.29, 1.82) is 0 Å². The third-order valence-electron chi connectivity index (χ3n) is 3.92. The van der Waals surface area contributed by atoms with Gasteiger partial charge >= 0.3 is 0 Å². The van der Waals surface area contributed by atoms with Gasteiger partial charge in [-0.25, -0.2) is 15.0 Å². The molecule has 0 atom stereocenters. The van der Waals surface area contributed by atoms with Crippen LogP contribution in [-0.4, -0.2) is 70.2 Å². The molecule has 0 radical (unpaired) electrons. The third kappa shape index (κ3) is 2.61. The fraction of sp³-hybridized carbons (Fsp3) is 0.571. The molecule has 1 aliphatic heterocycles. The molecule has 22 heavy (non-hydrogen) atoms. The maximum absolute atomic E-state index is 11.8. The van der Waals surface area contributed by atoms with Crippen LogP contribution in [0.15, 0.2) is 12.7 Å². The normalized spacial score (nSPS) is 15.5. The summed E-state index contributed by atoms with van der Waals surface area (Å²) in [5.41, 5.74) is 1.67. The number of piperazine rings is 1. The molecule has 1 amide bonds. The second kappa shape index (κ2) is 6.27. The lowest BCUT2D eigenvalue weighted by molar-refractivity contribution is -0.135. The fourth-order valence-electron chi connectivity index (χ4n) is 2.71. The van der Waals surface area contributed by atoms with E-state index in [2.05, 4.69) is 26.8 Å². The summed E-state index contributed by atoms with van der Waals surface area (Å²) in [5, 5.41) is 0. The molecule has 1 fully saturated rings. The van der Waals surface area contributed by atoms with Gasteiger partial charge < -0.3 is 19.1 Å². The molecule has 3 heterocycles. The number of fused-ring (bicyclic) bond motifs is 1. The van der Waals surface area contributed by atoms with E-state index in [9.17, 15) is 4.79 Å². The summed E-state index contributed by atoms with van der Waals surface area (Å²) in [4.78, 5) is 29.0. The highest BCUT2D eigenvalue weighted by molar-refractivity contribution is 5.83. The van der Waals surface area contributed by atoms with Crippen molar-refractivity contribution >= 4 is 22.9 Å².